The minimum atomic E-state index is -0.897. The van der Waals surface area contributed by atoms with Crippen LogP contribution in [0.15, 0.2) is 35.5 Å². The van der Waals surface area contributed by atoms with Crippen molar-refractivity contribution in [3.05, 3.63) is 68.2 Å². The third-order valence-corrected chi connectivity index (χ3v) is 4.97. The van der Waals surface area contributed by atoms with E-state index in [2.05, 4.69) is 10.2 Å². The molecule has 0 fully saturated rings. The van der Waals surface area contributed by atoms with Crippen LogP contribution in [-0.4, -0.2) is 25.9 Å². The number of rotatable bonds is 6. The molecule has 0 atom stereocenters. The normalized spacial score (nSPS) is 10.6. The van der Waals surface area contributed by atoms with Gasteiger partial charge in [-0.15, -0.1) is 10.2 Å². The van der Waals surface area contributed by atoms with Crippen LogP contribution >= 0.6 is 23.4 Å². The van der Waals surface area contributed by atoms with Crippen LogP contribution in [0.5, 0.6) is 11.5 Å². The van der Waals surface area contributed by atoms with Gasteiger partial charge in [-0.25, -0.2) is 4.39 Å². The SMILES string of the molecule is CSc1nnc(Cc2ccc([N+](=O)[O-])c(Oc3cc(Cl)cc(C#N)c3)c2F)n1C. The van der Waals surface area contributed by atoms with E-state index in [0.717, 1.165) is 6.07 Å². The van der Waals surface area contributed by atoms with Crippen LogP contribution in [0.1, 0.15) is 17.0 Å². The van der Waals surface area contributed by atoms with Crippen molar-refractivity contribution in [3.63, 3.8) is 0 Å². The molecular formula is C18H13ClFN5O3S. The summed E-state index contributed by atoms with van der Waals surface area (Å²) in [5.74, 6) is -0.962. The number of thioether (sulfide) groups is 1. The van der Waals surface area contributed by atoms with E-state index in [-0.39, 0.29) is 28.3 Å². The molecule has 2 aromatic carbocycles. The molecule has 0 N–H and O–H groups in total. The Balaban J connectivity index is 2.04. The van der Waals surface area contributed by atoms with Crippen molar-refractivity contribution < 1.29 is 14.1 Å². The maximum atomic E-state index is 15.2. The monoisotopic (exact) mass is 433 g/mol. The number of benzene rings is 2. The van der Waals surface area contributed by atoms with E-state index in [1.54, 1.807) is 11.6 Å². The molecule has 0 unspecified atom stereocenters. The van der Waals surface area contributed by atoms with Crippen molar-refractivity contribution in [2.24, 2.45) is 7.05 Å². The zero-order valence-electron chi connectivity index (χ0n) is 15.2. The van der Waals surface area contributed by atoms with E-state index in [9.17, 15) is 10.1 Å². The Hall–Kier alpha value is -3.16. The van der Waals surface area contributed by atoms with Crippen LogP contribution in [0.4, 0.5) is 10.1 Å². The Kier molecular flexibility index (Phi) is 6.00. The molecule has 3 rings (SSSR count). The zero-order valence-corrected chi connectivity index (χ0v) is 16.8. The molecule has 0 aliphatic carbocycles. The smallest absolute Gasteiger partial charge is 0.314 e. The van der Waals surface area contributed by atoms with E-state index in [0.29, 0.717) is 11.0 Å². The molecule has 0 spiro atoms. The van der Waals surface area contributed by atoms with Gasteiger partial charge in [-0.1, -0.05) is 23.4 Å². The standard InChI is InChI=1S/C18H13ClFN5O3S/c1-24-15(22-23-18(24)29-2)7-11-3-4-14(25(26)27)17(16(11)20)28-13-6-10(9-21)5-12(19)8-13/h3-6,8H,7H2,1-2H3. The quantitative estimate of drug-likeness (QED) is 0.320. The maximum Gasteiger partial charge on any atom is 0.314 e. The van der Waals surface area contributed by atoms with E-state index in [1.807, 2.05) is 12.3 Å². The first-order valence-electron chi connectivity index (χ1n) is 8.10. The van der Waals surface area contributed by atoms with Crippen molar-refractivity contribution in [3.8, 4) is 17.6 Å². The first-order valence-corrected chi connectivity index (χ1v) is 9.71. The molecule has 0 aliphatic heterocycles. The topological polar surface area (TPSA) is 107 Å². The number of aromatic nitrogens is 3. The Bertz CT molecular complexity index is 1150. The molecule has 3 aromatic rings. The summed E-state index contributed by atoms with van der Waals surface area (Å²) >= 11 is 7.32. The lowest BCUT2D eigenvalue weighted by molar-refractivity contribution is -0.385. The van der Waals surface area contributed by atoms with Crippen molar-refractivity contribution in [1.29, 1.82) is 5.26 Å². The lowest BCUT2D eigenvalue weighted by atomic mass is 10.1. The highest BCUT2D eigenvalue weighted by Gasteiger charge is 2.25. The summed E-state index contributed by atoms with van der Waals surface area (Å²) in [5.41, 5.74) is -0.223. The highest BCUT2D eigenvalue weighted by Crippen LogP contribution is 2.37. The lowest BCUT2D eigenvalue weighted by Crippen LogP contribution is -2.04. The van der Waals surface area contributed by atoms with Gasteiger partial charge in [0.1, 0.15) is 11.6 Å². The molecule has 148 valence electrons. The molecule has 8 nitrogen and oxygen atoms in total. The summed E-state index contributed by atoms with van der Waals surface area (Å²) in [7, 11) is 1.75. The summed E-state index contributed by atoms with van der Waals surface area (Å²) in [5, 5.41) is 29.3. The van der Waals surface area contributed by atoms with Crippen molar-refractivity contribution >= 4 is 29.1 Å². The van der Waals surface area contributed by atoms with Gasteiger partial charge in [-0.3, -0.25) is 10.1 Å². The fourth-order valence-corrected chi connectivity index (χ4v) is 3.34. The number of halogens is 2. The van der Waals surface area contributed by atoms with Crippen LogP contribution in [0.2, 0.25) is 5.02 Å². The second-order valence-electron chi connectivity index (χ2n) is 5.87. The second kappa shape index (κ2) is 8.46. The van der Waals surface area contributed by atoms with Gasteiger partial charge in [-0.05, 0) is 36.1 Å². The largest absolute Gasteiger partial charge is 0.447 e. The molecular weight excluding hydrogens is 421 g/mol. The summed E-state index contributed by atoms with van der Waals surface area (Å²) in [6.07, 6.45) is 1.90. The first-order chi connectivity index (χ1) is 13.8. The molecule has 0 saturated heterocycles. The number of hydrogen-bond donors (Lipinski definition) is 0. The average Bonchev–Trinajstić information content (AvgIpc) is 3.03. The number of nitro groups is 1. The van der Waals surface area contributed by atoms with Crippen LogP contribution in [-0.2, 0) is 13.5 Å². The van der Waals surface area contributed by atoms with E-state index >= 15 is 4.39 Å². The summed E-state index contributed by atoms with van der Waals surface area (Å²) in [6.45, 7) is 0. The van der Waals surface area contributed by atoms with Gasteiger partial charge in [0.05, 0.1) is 16.6 Å². The highest BCUT2D eigenvalue weighted by atomic mass is 35.5. The minimum Gasteiger partial charge on any atom is -0.447 e. The summed E-state index contributed by atoms with van der Waals surface area (Å²) in [4.78, 5) is 10.6. The van der Waals surface area contributed by atoms with Crippen LogP contribution in [0.25, 0.3) is 0 Å². The van der Waals surface area contributed by atoms with Crippen molar-refractivity contribution in [1.82, 2.24) is 14.8 Å². The van der Waals surface area contributed by atoms with Crippen molar-refractivity contribution in [2.45, 2.75) is 11.6 Å². The van der Waals surface area contributed by atoms with Gasteiger partial charge in [-0.2, -0.15) is 5.26 Å². The average molecular weight is 434 g/mol. The van der Waals surface area contributed by atoms with Crippen LogP contribution in [0.3, 0.4) is 0 Å². The molecule has 29 heavy (non-hydrogen) atoms. The number of nitro benzene ring substituents is 1. The molecule has 1 aromatic heterocycles. The number of nitrogens with zero attached hydrogens (tertiary/aromatic N) is 5. The molecule has 0 saturated carbocycles. The third kappa shape index (κ3) is 4.31. The van der Waals surface area contributed by atoms with Gasteiger partial charge < -0.3 is 9.30 Å². The Labute approximate surface area is 174 Å². The fraction of sp³-hybridized carbons (Fsp3) is 0.167. The van der Waals surface area contributed by atoms with Crippen molar-refractivity contribution in [2.75, 3.05) is 6.26 Å². The zero-order chi connectivity index (χ0) is 21.1. The minimum absolute atomic E-state index is 0.0107. The highest BCUT2D eigenvalue weighted by molar-refractivity contribution is 7.98. The van der Waals surface area contributed by atoms with Gasteiger partial charge in [0.25, 0.3) is 0 Å². The Morgan fingerprint density at radius 1 is 1.38 bits per heavy atom. The van der Waals surface area contributed by atoms with E-state index in [1.165, 1.54) is 36.0 Å². The third-order valence-electron chi connectivity index (χ3n) is 4.03. The van der Waals surface area contributed by atoms with E-state index < -0.39 is 22.2 Å². The molecule has 11 heteroatoms. The van der Waals surface area contributed by atoms with E-state index in [4.69, 9.17) is 21.6 Å². The Morgan fingerprint density at radius 3 is 2.76 bits per heavy atom. The predicted octanol–water partition coefficient (Wildman–Crippen LogP) is 4.49. The van der Waals surface area contributed by atoms with Gasteiger partial charge in [0, 0.05) is 24.6 Å². The van der Waals surface area contributed by atoms with Gasteiger partial charge in [0.2, 0.25) is 5.75 Å². The molecule has 0 bridgehead atoms. The summed E-state index contributed by atoms with van der Waals surface area (Å²) < 4.78 is 22.3. The van der Waals surface area contributed by atoms with Gasteiger partial charge >= 0.3 is 5.69 Å². The summed E-state index contributed by atoms with van der Waals surface area (Å²) in [6, 6.07) is 8.42. The fourth-order valence-electron chi connectivity index (χ4n) is 2.62. The number of hydrogen-bond acceptors (Lipinski definition) is 7. The maximum absolute atomic E-state index is 15.2. The molecule has 0 aliphatic rings. The number of ether oxygens (including phenoxy) is 1. The first kappa shape index (κ1) is 20.6. The molecule has 0 amide bonds. The molecule has 1 heterocycles. The second-order valence-corrected chi connectivity index (χ2v) is 7.08. The Morgan fingerprint density at radius 2 is 2.14 bits per heavy atom. The van der Waals surface area contributed by atoms with Crippen LogP contribution in [0, 0.1) is 27.3 Å². The lowest BCUT2D eigenvalue weighted by Gasteiger charge is -2.11. The predicted molar refractivity (Wildman–Crippen MR) is 105 cm³/mol. The molecule has 0 radical (unpaired) electrons. The van der Waals surface area contributed by atoms with Crippen LogP contribution < -0.4 is 4.74 Å². The van der Waals surface area contributed by atoms with Gasteiger partial charge in [0.15, 0.2) is 11.0 Å². The number of nitriles is 1.